The average molecular weight is 508 g/mol. The normalized spacial score (nSPS) is 17.6. The summed E-state index contributed by atoms with van der Waals surface area (Å²) in [7, 11) is 4.54. The van der Waals surface area contributed by atoms with Crippen LogP contribution in [0.15, 0.2) is 30.3 Å². The van der Waals surface area contributed by atoms with E-state index in [2.05, 4.69) is 0 Å². The summed E-state index contributed by atoms with van der Waals surface area (Å²) in [5, 5.41) is 9.24. The molecule has 34 heavy (non-hydrogen) atoms. The molecule has 0 radical (unpaired) electrons. The van der Waals surface area contributed by atoms with Crippen LogP contribution in [0.3, 0.4) is 0 Å². The van der Waals surface area contributed by atoms with Crippen molar-refractivity contribution < 1.29 is 33.2 Å². The molecule has 0 saturated carbocycles. The molecule has 2 atom stereocenters. The SMILES string of the molecule is CCOC(=O)C[C@H]1O[C@H](c2cccc(OC)c2OC)c2cc(Cl)cc(OCOC)c2C(=N)C1=S. The number of para-hydroxylation sites is 1. The van der Waals surface area contributed by atoms with Crippen LogP contribution in [0.2, 0.25) is 5.02 Å². The molecular formula is C24H26ClNO7S. The van der Waals surface area contributed by atoms with E-state index in [4.69, 9.17) is 57.6 Å². The maximum atomic E-state index is 12.3. The number of benzene rings is 2. The first-order valence-corrected chi connectivity index (χ1v) is 11.2. The molecule has 0 amide bonds. The van der Waals surface area contributed by atoms with E-state index in [1.54, 1.807) is 31.2 Å². The Morgan fingerprint density at radius 3 is 2.56 bits per heavy atom. The fourth-order valence-corrected chi connectivity index (χ4v) is 4.23. The summed E-state index contributed by atoms with van der Waals surface area (Å²) in [6, 6.07) is 8.63. The molecule has 1 aliphatic heterocycles. The van der Waals surface area contributed by atoms with Gasteiger partial charge in [-0.25, -0.2) is 0 Å². The van der Waals surface area contributed by atoms with Gasteiger partial charge in [0, 0.05) is 28.8 Å². The van der Waals surface area contributed by atoms with E-state index in [0.717, 1.165) is 0 Å². The van der Waals surface area contributed by atoms with Crippen molar-refractivity contribution in [2.75, 3.05) is 34.7 Å². The zero-order valence-electron chi connectivity index (χ0n) is 19.3. The van der Waals surface area contributed by atoms with Crippen LogP contribution in [0.1, 0.15) is 36.1 Å². The second-order valence-electron chi connectivity index (χ2n) is 7.25. The van der Waals surface area contributed by atoms with Crippen molar-refractivity contribution in [2.45, 2.75) is 25.6 Å². The molecule has 10 heteroatoms. The minimum absolute atomic E-state index is 0.00793. The Morgan fingerprint density at radius 2 is 1.91 bits per heavy atom. The van der Waals surface area contributed by atoms with E-state index in [9.17, 15) is 4.79 Å². The smallest absolute Gasteiger partial charge is 0.308 e. The van der Waals surface area contributed by atoms with E-state index in [-0.39, 0.29) is 30.4 Å². The molecule has 2 aromatic rings. The fourth-order valence-electron chi connectivity index (χ4n) is 3.77. The summed E-state index contributed by atoms with van der Waals surface area (Å²) in [6.07, 6.45) is -1.89. The van der Waals surface area contributed by atoms with Gasteiger partial charge < -0.3 is 28.4 Å². The summed E-state index contributed by atoms with van der Waals surface area (Å²) in [5.41, 5.74) is 1.53. The van der Waals surface area contributed by atoms with Crippen LogP contribution in [0, 0.1) is 5.41 Å². The minimum Gasteiger partial charge on any atom is -0.493 e. The molecule has 0 bridgehead atoms. The lowest BCUT2D eigenvalue weighted by atomic mass is 9.92. The number of hydrogen-bond acceptors (Lipinski definition) is 9. The van der Waals surface area contributed by atoms with Crippen LogP contribution in [0.25, 0.3) is 0 Å². The highest BCUT2D eigenvalue weighted by Gasteiger charge is 2.38. The number of methoxy groups -OCH3 is 3. The largest absolute Gasteiger partial charge is 0.493 e. The van der Waals surface area contributed by atoms with Gasteiger partial charge in [0.1, 0.15) is 18.0 Å². The van der Waals surface area contributed by atoms with Crippen LogP contribution in [-0.4, -0.2) is 57.4 Å². The zero-order chi connectivity index (χ0) is 24.8. The number of ether oxygens (including phenoxy) is 6. The number of carbonyl (C=O) groups is 1. The first-order chi connectivity index (χ1) is 16.4. The van der Waals surface area contributed by atoms with Gasteiger partial charge in [0.15, 0.2) is 18.3 Å². The zero-order valence-corrected chi connectivity index (χ0v) is 20.9. The molecule has 0 aliphatic carbocycles. The van der Waals surface area contributed by atoms with E-state index in [1.165, 1.54) is 21.3 Å². The number of halogens is 1. The van der Waals surface area contributed by atoms with Gasteiger partial charge in [-0.05, 0) is 25.1 Å². The van der Waals surface area contributed by atoms with E-state index < -0.39 is 18.2 Å². The third kappa shape index (κ3) is 5.33. The molecule has 3 rings (SSSR count). The van der Waals surface area contributed by atoms with Gasteiger partial charge in [0.2, 0.25) is 0 Å². The number of carbonyl (C=O) groups excluding carboxylic acids is 1. The van der Waals surface area contributed by atoms with Crippen LogP contribution in [0.5, 0.6) is 17.2 Å². The van der Waals surface area contributed by atoms with Gasteiger partial charge in [-0.15, -0.1) is 0 Å². The van der Waals surface area contributed by atoms with Crippen LogP contribution in [0.4, 0.5) is 0 Å². The Balaban J connectivity index is 2.25. The van der Waals surface area contributed by atoms with Crippen LogP contribution < -0.4 is 14.2 Å². The van der Waals surface area contributed by atoms with Crippen molar-refractivity contribution in [1.29, 1.82) is 5.41 Å². The van der Waals surface area contributed by atoms with Gasteiger partial charge in [0.05, 0.1) is 37.8 Å². The van der Waals surface area contributed by atoms with Gasteiger partial charge in [-0.2, -0.15) is 0 Å². The third-order valence-corrected chi connectivity index (χ3v) is 5.86. The number of nitrogens with one attached hydrogen (secondary N) is 1. The molecule has 0 spiro atoms. The third-order valence-electron chi connectivity index (χ3n) is 5.17. The minimum atomic E-state index is -0.913. The van der Waals surface area contributed by atoms with Crippen LogP contribution in [-0.2, 0) is 19.0 Å². The first kappa shape index (κ1) is 25.9. The van der Waals surface area contributed by atoms with Gasteiger partial charge in [0.25, 0.3) is 0 Å². The lowest BCUT2D eigenvalue weighted by Crippen LogP contribution is -2.31. The topological polar surface area (TPSA) is 96.3 Å². The maximum Gasteiger partial charge on any atom is 0.308 e. The summed E-state index contributed by atoms with van der Waals surface area (Å²) < 4.78 is 33.4. The Kier molecular flexibility index (Phi) is 8.84. The van der Waals surface area contributed by atoms with Crippen molar-refractivity contribution in [3.63, 3.8) is 0 Å². The predicted molar refractivity (Wildman–Crippen MR) is 131 cm³/mol. The summed E-state index contributed by atoms with van der Waals surface area (Å²) in [5.74, 6) is 0.754. The van der Waals surface area contributed by atoms with Crippen molar-refractivity contribution in [2.24, 2.45) is 0 Å². The number of hydrogen-bond donors (Lipinski definition) is 1. The number of thiocarbonyl (C=S) groups is 1. The van der Waals surface area contributed by atoms with Gasteiger partial charge >= 0.3 is 5.97 Å². The lowest BCUT2D eigenvalue weighted by molar-refractivity contribution is -0.145. The van der Waals surface area contributed by atoms with Crippen molar-refractivity contribution in [1.82, 2.24) is 0 Å². The van der Waals surface area contributed by atoms with E-state index in [1.807, 2.05) is 6.07 Å². The highest BCUT2D eigenvalue weighted by atomic mass is 35.5. The standard InChI is InChI=1S/C24H26ClNO7S/c1-5-31-19(27)11-18-24(34)21(26)20-15(9-13(25)10-17(20)32-12-28-2)22(33-18)14-7-6-8-16(29-3)23(14)30-4/h6-10,18,22,26H,5,11-12H2,1-4H3/t18-,22-/m1/s1. The molecule has 182 valence electrons. The van der Waals surface area contributed by atoms with Gasteiger partial charge in [-0.1, -0.05) is 36.0 Å². The average Bonchev–Trinajstić information content (AvgIpc) is 2.92. The second-order valence-corrected chi connectivity index (χ2v) is 8.13. The highest BCUT2D eigenvalue weighted by Crippen LogP contribution is 2.45. The summed E-state index contributed by atoms with van der Waals surface area (Å²) in [4.78, 5) is 12.5. The number of esters is 1. The number of fused-ring (bicyclic) bond motifs is 1. The maximum absolute atomic E-state index is 12.3. The lowest BCUT2D eigenvalue weighted by Gasteiger charge is -2.25. The Morgan fingerprint density at radius 1 is 1.15 bits per heavy atom. The molecule has 1 aliphatic rings. The van der Waals surface area contributed by atoms with Crippen LogP contribution >= 0.6 is 23.8 Å². The molecule has 0 unspecified atom stereocenters. The van der Waals surface area contributed by atoms with Crippen molar-refractivity contribution >= 4 is 40.4 Å². The fraction of sp³-hybridized carbons (Fsp3) is 0.375. The quantitative estimate of drug-likeness (QED) is 0.300. The van der Waals surface area contributed by atoms with E-state index in [0.29, 0.717) is 39.0 Å². The van der Waals surface area contributed by atoms with Crippen molar-refractivity contribution in [3.05, 3.63) is 52.0 Å². The van der Waals surface area contributed by atoms with E-state index >= 15 is 0 Å². The molecule has 0 aromatic heterocycles. The Hall–Kier alpha value is -2.72. The molecule has 0 saturated heterocycles. The Labute approximate surface area is 208 Å². The molecule has 8 nitrogen and oxygen atoms in total. The molecule has 1 heterocycles. The molecular weight excluding hydrogens is 482 g/mol. The first-order valence-electron chi connectivity index (χ1n) is 10.5. The van der Waals surface area contributed by atoms with Crippen molar-refractivity contribution in [3.8, 4) is 17.2 Å². The second kappa shape index (κ2) is 11.6. The Bertz CT molecular complexity index is 1090. The van der Waals surface area contributed by atoms with Gasteiger partial charge in [-0.3, -0.25) is 10.2 Å². The molecule has 0 fully saturated rings. The monoisotopic (exact) mass is 507 g/mol. The summed E-state index contributed by atoms with van der Waals surface area (Å²) in [6.45, 7) is 1.87. The molecule has 2 aromatic carbocycles. The predicted octanol–water partition coefficient (Wildman–Crippen LogP) is 4.52. The molecule has 1 N–H and O–H groups in total. The highest BCUT2D eigenvalue weighted by molar-refractivity contribution is 7.82. The summed E-state index contributed by atoms with van der Waals surface area (Å²) >= 11 is 12.0. The number of rotatable bonds is 9.